The SMILES string of the molecule is Fc1ccc2c(c1)OCCC[C@@H]2NCCn1ccnc1. The molecule has 5 heteroatoms. The first-order valence-electron chi connectivity index (χ1n) is 6.94. The molecule has 0 spiro atoms. The molecule has 0 aliphatic carbocycles. The van der Waals surface area contributed by atoms with E-state index in [0.717, 1.165) is 31.5 Å². The van der Waals surface area contributed by atoms with E-state index in [0.29, 0.717) is 12.4 Å². The fourth-order valence-corrected chi connectivity index (χ4v) is 2.55. The second-order valence-corrected chi connectivity index (χ2v) is 4.98. The van der Waals surface area contributed by atoms with E-state index in [4.69, 9.17) is 4.74 Å². The minimum Gasteiger partial charge on any atom is -0.493 e. The zero-order valence-electron chi connectivity index (χ0n) is 11.3. The third-order valence-corrected chi connectivity index (χ3v) is 3.57. The van der Waals surface area contributed by atoms with Crippen molar-refractivity contribution >= 4 is 0 Å². The molecule has 0 amide bonds. The molecule has 0 bridgehead atoms. The Bertz CT molecular complexity index is 556. The number of aromatic nitrogens is 2. The number of hydrogen-bond donors (Lipinski definition) is 1. The molecule has 1 aromatic carbocycles. The van der Waals surface area contributed by atoms with Gasteiger partial charge in [0.2, 0.25) is 0 Å². The lowest BCUT2D eigenvalue weighted by molar-refractivity contribution is 0.313. The maximum absolute atomic E-state index is 13.3. The molecule has 1 N–H and O–H groups in total. The molecular weight excluding hydrogens is 257 g/mol. The van der Waals surface area contributed by atoms with Crippen LogP contribution in [0.3, 0.4) is 0 Å². The summed E-state index contributed by atoms with van der Waals surface area (Å²) in [5, 5.41) is 3.52. The molecule has 0 saturated heterocycles. The van der Waals surface area contributed by atoms with E-state index in [9.17, 15) is 4.39 Å². The van der Waals surface area contributed by atoms with Gasteiger partial charge in [-0.2, -0.15) is 0 Å². The van der Waals surface area contributed by atoms with Crippen LogP contribution in [-0.4, -0.2) is 22.7 Å². The molecule has 2 aromatic rings. The van der Waals surface area contributed by atoms with E-state index in [1.54, 1.807) is 12.5 Å². The Morgan fingerprint density at radius 3 is 3.25 bits per heavy atom. The van der Waals surface area contributed by atoms with Crippen LogP contribution in [0.1, 0.15) is 24.4 Å². The lowest BCUT2D eigenvalue weighted by atomic mass is 10.0. The number of halogens is 1. The van der Waals surface area contributed by atoms with Crippen LogP contribution < -0.4 is 10.1 Å². The Hall–Kier alpha value is -1.88. The molecule has 20 heavy (non-hydrogen) atoms. The number of nitrogens with zero attached hydrogens (tertiary/aromatic N) is 2. The van der Waals surface area contributed by atoms with Gasteiger partial charge in [0.25, 0.3) is 0 Å². The predicted molar refractivity (Wildman–Crippen MR) is 74.1 cm³/mol. The highest BCUT2D eigenvalue weighted by Gasteiger charge is 2.19. The van der Waals surface area contributed by atoms with Crippen LogP contribution in [0.2, 0.25) is 0 Å². The molecule has 0 radical (unpaired) electrons. The quantitative estimate of drug-likeness (QED) is 0.932. The highest BCUT2D eigenvalue weighted by molar-refractivity contribution is 5.37. The van der Waals surface area contributed by atoms with E-state index >= 15 is 0 Å². The van der Waals surface area contributed by atoms with E-state index in [2.05, 4.69) is 10.3 Å². The van der Waals surface area contributed by atoms with E-state index in [1.807, 2.05) is 16.8 Å². The Balaban J connectivity index is 1.67. The minimum absolute atomic E-state index is 0.219. The number of ether oxygens (including phenoxy) is 1. The number of rotatable bonds is 4. The zero-order valence-corrected chi connectivity index (χ0v) is 11.3. The molecular formula is C15H18FN3O. The highest BCUT2D eigenvalue weighted by Crippen LogP contribution is 2.31. The second kappa shape index (κ2) is 6.05. The van der Waals surface area contributed by atoms with Gasteiger partial charge in [-0.3, -0.25) is 0 Å². The summed E-state index contributed by atoms with van der Waals surface area (Å²) in [7, 11) is 0. The minimum atomic E-state index is -0.247. The fraction of sp³-hybridized carbons (Fsp3) is 0.400. The average Bonchev–Trinajstić information content (AvgIpc) is 2.87. The average molecular weight is 275 g/mol. The van der Waals surface area contributed by atoms with Gasteiger partial charge >= 0.3 is 0 Å². The largest absolute Gasteiger partial charge is 0.493 e. The Morgan fingerprint density at radius 1 is 1.45 bits per heavy atom. The van der Waals surface area contributed by atoms with Crippen molar-refractivity contribution in [3.8, 4) is 5.75 Å². The molecule has 1 aliphatic rings. The van der Waals surface area contributed by atoms with Crippen molar-refractivity contribution in [2.24, 2.45) is 0 Å². The van der Waals surface area contributed by atoms with Crippen LogP contribution in [0.4, 0.5) is 4.39 Å². The summed E-state index contributed by atoms with van der Waals surface area (Å²) in [4.78, 5) is 4.02. The number of fused-ring (bicyclic) bond motifs is 1. The predicted octanol–water partition coefficient (Wildman–Crippen LogP) is 2.53. The first-order valence-corrected chi connectivity index (χ1v) is 6.94. The van der Waals surface area contributed by atoms with Crippen LogP contribution in [0.5, 0.6) is 5.75 Å². The van der Waals surface area contributed by atoms with Gasteiger partial charge in [-0.15, -0.1) is 0 Å². The van der Waals surface area contributed by atoms with Crippen molar-refractivity contribution in [3.63, 3.8) is 0 Å². The zero-order chi connectivity index (χ0) is 13.8. The number of nitrogens with one attached hydrogen (secondary N) is 1. The summed E-state index contributed by atoms with van der Waals surface area (Å²) < 4.78 is 20.9. The molecule has 1 atom stereocenters. The van der Waals surface area contributed by atoms with E-state index < -0.39 is 0 Å². The Kier molecular flexibility index (Phi) is 3.97. The van der Waals surface area contributed by atoms with Crippen molar-refractivity contribution in [1.29, 1.82) is 0 Å². The van der Waals surface area contributed by atoms with Crippen molar-refractivity contribution < 1.29 is 9.13 Å². The molecule has 0 saturated carbocycles. The van der Waals surface area contributed by atoms with Gasteiger partial charge in [-0.1, -0.05) is 6.07 Å². The van der Waals surface area contributed by atoms with Crippen molar-refractivity contribution in [2.45, 2.75) is 25.4 Å². The molecule has 4 nitrogen and oxygen atoms in total. The summed E-state index contributed by atoms with van der Waals surface area (Å²) in [5.74, 6) is 0.422. The van der Waals surface area contributed by atoms with Crippen LogP contribution in [0.25, 0.3) is 0 Å². The highest BCUT2D eigenvalue weighted by atomic mass is 19.1. The number of benzene rings is 1. The van der Waals surface area contributed by atoms with Crippen molar-refractivity contribution in [3.05, 3.63) is 48.3 Å². The fourth-order valence-electron chi connectivity index (χ4n) is 2.55. The molecule has 1 aromatic heterocycles. The lowest BCUT2D eigenvalue weighted by Gasteiger charge is -2.18. The molecule has 106 valence electrons. The first kappa shape index (κ1) is 13.1. The van der Waals surface area contributed by atoms with Crippen LogP contribution in [0.15, 0.2) is 36.9 Å². The molecule has 1 aliphatic heterocycles. The van der Waals surface area contributed by atoms with Crippen LogP contribution in [-0.2, 0) is 6.54 Å². The van der Waals surface area contributed by atoms with Crippen LogP contribution in [0, 0.1) is 5.82 Å². The van der Waals surface area contributed by atoms with Gasteiger partial charge in [0.1, 0.15) is 11.6 Å². The Morgan fingerprint density at radius 2 is 2.40 bits per heavy atom. The number of imidazole rings is 1. The Labute approximate surface area is 117 Å². The van der Waals surface area contributed by atoms with Gasteiger partial charge in [0, 0.05) is 43.2 Å². The van der Waals surface area contributed by atoms with Crippen molar-refractivity contribution in [2.75, 3.05) is 13.2 Å². The summed E-state index contributed by atoms with van der Waals surface area (Å²) in [6.45, 7) is 2.36. The van der Waals surface area contributed by atoms with Gasteiger partial charge in [-0.05, 0) is 18.9 Å². The molecule has 0 fully saturated rings. The molecule has 3 rings (SSSR count). The maximum atomic E-state index is 13.3. The van der Waals surface area contributed by atoms with Crippen LogP contribution >= 0.6 is 0 Å². The summed E-state index contributed by atoms with van der Waals surface area (Å²) in [6, 6.07) is 5.02. The third-order valence-electron chi connectivity index (χ3n) is 3.57. The normalized spacial score (nSPS) is 18.1. The van der Waals surface area contributed by atoms with E-state index in [1.165, 1.54) is 12.1 Å². The first-order chi connectivity index (χ1) is 9.83. The summed E-state index contributed by atoms with van der Waals surface area (Å²) in [5.41, 5.74) is 1.05. The van der Waals surface area contributed by atoms with Crippen molar-refractivity contribution in [1.82, 2.24) is 14.9 Å². The second-order valence-electron chi connectivity index (χ2n) is 4.98. The smallest absolute Gasteiger partial charge is 0.126 e. The van der Waals surface area contributed by atoms with E-state index in [-0.39, 0.29) is 11.9 Å². The number of hydrogen-bond acceptors (Lipinski definition) is 3. The monoisotopic (exact) mass is 275 g/mol. The molecule has 0 unspecified atom stereocenters. The van der Waals surface area contributed by atoms with Gasteiger partial charge in [0.05, 0.1) is 12.9 Å². The topological polar surface area (TPSA) is 39.1 Å². The summed E-state index contributed by atoms with van der Waals surface area (Å²) in [6.07, 6.45) is 7.50. The summed E-state index contributed by atoms with van der Waals surface area (Å²) >= 11 is 0. The van der Waals surface area contributed by atoms with Gasteiger partial charge in [-0.25, -0.2) is 9.37 Å². The third kappa shape index (κ3) is 2.99. The van der Waals surface area contributed by atoms with Gasteiger partial charge < -0.3 is 14.6 Å². The molecule has 2 heterocycles. The standard InChI is InChI=1S/C15H18FN3O/c16-12-3-4-13-14(2-1-9-20-15(13)10-12)18-6-8-19-7-5-17-11-19/h3-5,7,10-11,14,18H,1-2,6,8-9H2/t14-/m0/s1. The van der Waals surface area contributed by atoms with Gasteiger partial charge in [0.15, 0.2) is 0 Å². The lowest BCUT2D eigenvalue weighted by Crippen LogP contribution is -2.25. The maximum Gasteiger partial charge on any atom is 0.126 e.